The molecule has 0 heterocycles. The Morgan fingerprint density at radius 3 is 0.667 bits per heavy atom. The van der Waals surface area contributed by atoms with Gasteiger partial charge in [-0.3, -0.25) is 0 Å². The van der Waals surface area contributed by atoms with Crippen molar-refractivity contribution in [3.63, 3.8) is 0 Å². The first-order valence-electron chi connectivity index (χ1n) is 0. The first kappa shape index (κ1) is 109. The Morgan fingerprint density at radius 1 is 0.667 bits per heavy atom. The Labute approximate surface area is 89.1 Å². The molecule has 0 N–H and O–H groups in total. The van der Waals surface area contributed by atoms with Crippen LogP contribution in [0.4, 0.5) is 0 Å². The van der Waals surface area contributed by atoms with Crippen molar-refractivity contribution >= 4 is 18.5 Å². The van der Waals surface area contributed by atoms with Gasteiger partial charge in [-0.2, -0.15) is 0 Å². The van der Waals surface area contributed by atoms with Gasteiger partial charge in [0, 0.05) is 0 Å². The number of halogens is 3. The molecular weight excluding hydrogens is 162 g/mol. The smallest absolute Gasteiger partial charge is 1.00 e. The summed E-state index contributed by atoms with van der Waals surface area (Å²) in [5, 5.41) is 0. The van der Waals surface area contributed by atoms with E-state index < -0.39 is 0 Å². The SMILES string of the molecule is B.[Be+2].[F-].[F-].[F-].[Rb+]. The third kappa shape index (κ3) is 40.6. The second kappa shape index (κ2) is 69.4. The van der Waals surface area contributed by atoms with Gasteiger partial charge in [0.2, 0.25) is 0 Å². The molecule has 0 aromatic carbocycles. The van der Waals surface area contributed by atoms with Gasteiger partial charge in [-0.1, -0.05) is 0 Å². The molecule has 0 aromatic rings. The van der Waals surface area contributed by atoms with Crippen molar-refractivity contribution in [2.24, 2.45) is 0 Å². The topological polar surface area (TPSA) is 0 Å². The molecule has 0 spiro atoms. The average Bonchev–Trinajstić information content (AvgIpc) is 0. The predicted molar refractivity (Wildman–Crippen MR) is 15.7 cm³/mol. The molecule has 0 aliphatic carbocycles. The molecule has 6 heteroatoms. The molecule has 30 valence electrons. The van der Waals surface area contributed by atoms with Crippen molar-refractivity contribution < 1.29 is 72.3 Å². The Balaban J connectivity index is 0. The van der Waals surface area contributed by atoms with Gasteiger partial charge in [-0.15, -0.1) is 0 Å². The van der Waals surface area contributed by atoms with Crippen LogP contribution in [0.2, 0.25) is 0 Å². The first-order valence-corrected chi connectivity index (χ1v) is 0. The standard InChI is InChI=1S/BH3.Be.3FH.Rb/h1H3;;3*1H;/q;+2;;;;+1/p-3. The molecule has 0 bridgehead atoms. The first-order chi connectivity index (χ1) is 0. The van der Waals surface area contributed by atoms with Crippen LogP contribution in [0.3, 0.4) is 0 Å². The van der Waals surface area contributed by atoms with E-state index in [1.165, 1.54) is 0 Å². The zero-order valence-corrected chi connectivity index (χ0v) is 7.76. The van der Waals surface area contributed by atoms with Crippen molar-refractivity contribution in [1.29, 1.82) is 0 Å². The average molecular weight is 165 g/mol. The normalized spacial score (nSPS) is 0. The number of hydrogen-bond acceptors (Lipinski definition) is 0. The fourth-order valence-electron chi connectivity index (χ4n) is 0. The zero-order chi connectivity index (χ0) is 0. The molecule has 0 nitrogen and oxygen atoms in total. The van der Waals surface area contributed by atoms with E-state index in [1.54, 1.807) is 0 Å². The summed E-state index contributed by atoms with van der Waals surface area (Å²) in [5.74, 6) is 0. The molecule has 0 amide bonds. The molecule has 0 aliphatic heterocycles. The molecule has 0 saturated carbocycles. The van der Waals surface area contributed by atoms with Crippen molar-refractivity contribution in [1.82, 2.24) is 0 Å². The Morgan fingerprint density at radius 2 is 0.667 bits per heavy atom. The summed E-state index contributed by atoms with van der Waals surface area (Å²) < 4.78 is 0. The third-order valence-electron chi connectivity index (χ3n) is 0. The number of rotatable bonds is 0. The Kier molecular flexibility index (Phi) is 1260. The maximum absolute atomic E-state index is 0. The van der Waals surface area contributed by atoms with Crippen LogP contribution in [-0.4, -0.2) is 18.5 Å². The van der Waals surface area contributed by atoms with Gasteiger partial charge in [0.15, 0.2) is 0 Å². The summed E-state index contributed by atoms with van der Waals surface area (Å²) in [5.41, 5.74) is 0. The summed E-state index contributed by atoms with van der Waals surface area (Å²) in [7, 11) is 0. The van der Waals surface area contributed by atoms with E-state index in [2.05, 4.69) is 0 Å². The van der Waals surface area contributed by atoms with Crippen LogP contribution in [0.25, 0.3) is 0 Å². The van der Waals surface area contributed by atoms with Crippen molar-refractivity contribution in [3.05, 3.63) is 0 Å². The molecule has 0 unspecified atom stereocenters. The Hall–Kier alpha value is 1.83. The van der Waals surface area contributed by atoms with Crippen LogP contribution in [-0.2, 0) is 0 Å². The second-order valence-electron chi connectivity index (χ2n) is 0. The number of hydrogen-bond donors (Lipinski definition) is 0. The minimum atomic E-state index is 0. The van der Waals surface area contributed by atoms with Gasteiger partial charge in [0.25, 0.3) is 0 Å². The maximum atomic E-state index is 0. The maximum Gasteiger partial charge on any atom is 2.00 e. The fourth-order valence-corrected chi connectivity index (χ4v) is 0. The third-order valence-corrected chi connectivity index (χ3v) is 0. The van der Waals surface area contributed by atoms with E-state index in [1.807, 2.05) is 0 Å². The van der Waals surface area contributed by atoms with Gasteiger partial charge < -0.3 is 14.1 Å². The molecule has 0 aromatic heterocycles. The van der Waals surface area contributed by atoms with Crippen molar-refractivity contribution in [2.75, 3.05) is 0 Å². The molecule has 6 heavy (non-hydrogen) atoms. The van der Waals surface area contributed by atoms with Crippen LogP contribution in [0.5, 0.6) is 0 Å². The van der Waals surface area contributed by atoms with Crippen molar-refractivity contribution in [2.45, 2.75) is 0 Å². The largest absolute Gasteiger partial charge is 2.00 e. The summed E-state index contributed by atoms with van der Waals surface area (Å²) in [6.45, 7) is 0. The van der Waals surface area contributed by atoms with E-state index in [4.69, 9.17) is 0 Å². The minimum absolute atomic E-state index is 0. The van der Waals surface area contributed by atoms with E-state index >= 15 is 0 Å². The van der Waals surface area contributed by atoms with E-state index in [-0.39, 0.29) is 90.8 Å². The van der Waals surface area contributed by atoms with Crippen molar-refractivity contribution in [3.8, 4) is 0 Å². The van der Waals surface area contributed by atoms with Gasteiger partial charge >= 0.3 is 68.3 Å². The summed E-state index contributed by atoms with van der Waals surface area (Å²) in [4.78, 5) is 0. The van der Waals surface area contributed by atoms with Crippen LogP contribution < -0.4 is 72.3 Å². The van der Waals surface area contributed by atoms with E-state index in [0.717, 1.165) is 0 Å². The molecule has 0 fully saturated rings. The summed E-state index contributed by atoms with van der Waals surface area (Å²) in [6.07, 6.45) is 0. The molecular formula is H3BBeF3Rb. The second-order valence-corrected chi connectivity index (χ2v) is 0. The Bertz CT molecular complexity index is 10.8. The van der Waals surface area contributed by atoms with Gasteiger partial charge in [-0.25, -0.2) is 0 Å². The molecule has 0 radical (unpaired) electrons. The van der Waals surface area contributed by atoms with Gasteiger partial charge in [0.05, 0.1) is 8.41 Å². The van der Waals surface area contributed by atoms with Crippen LogP contribution >= 0.6 is 0 Å². The van der Waals surface area contributed by atoms with Gasteiger partial charge in [0.1, 0.15) is 0 Å². The van der Waals surface area contributed by atoms with E-state index in [0.29, 0.717) is 0 Å². The minimum Gasteiger partial charge on any atom is -1.00 e. The van der Waals surface area contributed by atoms with E-state index in [9.17, 15) is 0 Å². The van der Waals surface area contributed by atoms with Gasteiger partial charge in [-0.05, 0) is 0 Å². The fraction of sp³-hybridized carbons (Fsp3) is 0. The summed E-state index contributed by atoms with van der Waals surface area (Å²) >= 11 is 0. The van der Waals surface area contributed by atoms with Crippen LogP contribution in [0.15, 0.2) is 0 Å². The molecule has 0 aliphatic rings. The monoisotopic (exact) mass is 165 g/mol. The molecule has 0 saturated heterocycles. The van der Waals surface area contributed by atoms with Crippen LogP contribution in [0.1, 0.15) is 0 Å². The molecule has 0 rings (SSSR count). The predicted octanol–water partition coefficient (Wildman–Crippen LogP) is -13.5. The summed E-state index contributed by atoms with van der Waals surface area (Å²) in [6, 6.07) is 0. The molecule has 0 atom stereocenters. The zero-order valence-electron chi connectivity index (χ0n) is 2.84. The quantitative estimate of drug-likeness (QED) is 0.313. The van der Waals surface area contributed by atoms with Crippen LogP contribution in [0, 0.1) is 0 Å².